The minimum Gasteiger partial charge on any atom is -0.407 e. The molecule has 0 spiro atoms. The zero-order valence-corrected chi connectivity index (χ0v) is 15.5. The summed E-state index contributed by atoms with van der Waals surface area (Å²) in [6.45, 7) is 0.458. The van der Waals surface area contributed by atoms with E-state index in [4.69, 9.17) is 16.3 Å². The van der Waals surface area contributed by atoms with Gasteiger partial charge in [-0.15, -0.1) is 0 Å². The molecule has 0 unspecified atom stereocenters. The normalized spacial score (nSPS) is 10.5. The largest absolute Gasteiger partial charge is 0.412 e. The van der Waals surface area contributed by atoms with Crippen molar-refractivity contribution in [3.63, 3.8) is 0 Å². The van der Waals surface area contributed by atoms with E-state index in [1.165, 1.54) is 6.20 Å². The highest BCUT2D eigenvalue weighted by atomic mass is 79.9. The van der Waals surface area contributed by atoms with Crippen LogP contribution in [0.2, 0.25) is 5.02 Å². The Balaban J connectivity index is 1.50. The first-order valence-corrected chi connectivity index (χ1v) is 8.78. The van der Waals surface area contributed by atoms with E-state index in [2.05, 4.69) is 26.3 Å². The summed E-state index contributed by atoms with van der Waals surface area (Å²) >= 11 is 9.32. The van der Waals surface area contributed by atoms with Gasteiger partial charge in [0.05, 0.1) is 18.1 Å². The van der Waals surface area contributed by atoms with Gasteiger partial charge in [-0.1, -0.05) is 39.7 Å². The summed E-state index contributed by atoms with van der Waals surface area (Å²) in [5, 5.41) is 7.58. The van der Waals surface area contributed by atoms with Crippen LogP contribution in [0.5, 0.6) is 5.75 Å². The molecule has 1 N–H and O–H groups in total. The highest BCUT2D eigenvalue weighted by molar-refractivity contribution is 9.10. The summed E-state index contributed by atoms with van der Waals surface area (Å²) in [5.74, 6) is 0.378. The summed E-state index contributed by atoms with van der Waals surface area (Å²) in [6, 6.07) is 15.2. The number of benzene rings is 2. The SMILES string of the molecule is O=C(NCCc1cccc(Cl)c1)Oc1cnn(-c2ccc(Br)cc2)c1. The Morgan fingerprint density at radius 2 is 2.04 bits per heavy atom. The second-order valence-electron chi connectivity index (χ2n) is 5.29. The number of hydrogen-bond acceptors (Lipinski definition) is 3. The fraction of sp³-hybridized carbons (Fsp3) is 0.111. The Bertz CT molecular complexity index is 865. The minimum atomic E-state index is -0.516. The third-order valence-corrected chi connectivity index (χ3v) is 4.20. The molecule has 0 radical (unpaired) electrons. The molecule has 0 bridgehead atoms. The maximum atomic E-state index is 11.9. The standard InChI is InChI=1S/C18H15BrClN3O2/c19-14-4-6-16(7-5-14)23-12-17(11-22-23)25-18(24)21-9-8-13-2-1-3-15(20)10-13/h1-7,10-12H,8-9H2,(H,21,24). The number of ether oxygens (including phenoxy) is 1. The van der Waals surface area contributed by atoms with Gasteiger partial charge in [0, 0.05) is 16.0 Å². The van der Waals surface area contributed by atoms with Crippen molar-refractivity contribution in [3.8, 4) is 11.4 Å². The molecule has 0 saturated heterocycles. The number of aromatic nitrogens is 2. The number of hydrogen-bond donors (Lipinski definition) is 1. The second kappa shape index (κ2) is 8.18. The molecule has 0 aliphatic heterocycles. The van der Waals surface area contributed by atoms with E-state index < -0.39 is 6.09 Å². The smallest absolute Gasteiger partial charge is 0.407 e. The van der Waals surface area contributed by atoms with E-state index in [9.17, 15) is 4.79 Å². The summed E-state index contributed by atoms with van der Waals surface area (Å²) < 4.78 is 7.86. The molecule has 5 nitrogen and oxygen atoms in total. The van der Waals surface area contributed by atoms with Crippen LogP contribution >= 0.6 is 27.5 Å². The first-order chi connectivity index (χ1) is 12.1. The van der Waals surface area contributed by atoms with Crippen LogP contribution in [0.15, 0.2) is 65.4 Å². The van der Waals surface area contributed by atoms with Crippen LogP contribution in [0.3, 0.4) is 0 Å². The molecule has 0 aliphatic rings. The van der Waals surface area contributed by atoms with Crippen molar-refractivity contribution >= 4 is 33.6 Å². The predicted octanol–water partition coefficient (Wildman–Crippen LogP) is 4.62. The molecule has 1 aromatic heterocycles. The topological polar surface area (TPSA) is 56.1 Å². The molecule has 3 aromatic rings. The lowest BCUT2D eigenvalue weighted by molar-refractivity contribution is 0.200. The van der Waals surface area contributed by atoms with E-state index in [0.29, 0.717) is 23.7 Å². The highest BCUT2D eigenvalue weighted by Gasteiger charge is 2.07. The van der Waals surface area contributed by atoms with Crippen LogP contribution in [0.25, 0.3) is 5.69 Å². The van der Waals surface area contributed by atoms with Crippen LogP contribution in [0, 0.1) is 0 Å². The first kappa shape index (κ1) is 17.5. The van der Waals surface area contributed by atoms with Crippen LogP contribution in [-0.4, -0.2) is 22.4 Å². The van der Waals surface area contributed by atoms with Gasteiger partial charge in [0.25, 0.3) is 0 Å². The van der Waals surface area contributed by atoms with Gasteiger partial charge < -0.3 is 10.1 Å². The average molecular weight is 421 g/mol. The van der Waals surface area contributed by atoms with Gasteiger partial charge in [-0.25, -0.2) is 9.48 Å². The van der Waals surface area contributed by atoms with Gasteiger partial charge in [-0.05, 0) is 48.4 Å². The Hall–Kier alpha value is -2.31. The van der Waals surface area contributed by atoms with Crippen LogP contribution in [0.1, 0.15) is 5.56 Å². The quantitative estimate of drug-likeness (QED) is 0.655. The monoisotopic (exact) mass is 419 g/mol. The van der Waals surface area contributed by atoms with Gasteiger partial charge in [0.1, 0.15) is 0 Å². The lowest BCUT2D eigenvalue weighted by Gasteiger charge is -2.05. The number of nitrogens with one attached hydrogen (secondary N) is 1. The Morgan fingerprint density at radius 3 is 2.80 bits per heavy atom. The van der Waals surface area contributed by atoms with Crippen molar-refractivity contribution < 1.29 is 9.53 Å². The molecule has 7 heteroatoms. The molecule has 0 aliphatic carbocycles. The maximum Gasteiger partial charge on any atom is 0.412 e. The van der Waals surface area contributed by atoms with Gasteiger partial charge in [-0.3, -0.25) is 0 Å². The number of carbonyl (C=O) groups excluding carboxylic acids is 1. The number of rotatable bonds is 5. The number of nitrogens with zero attached hydrogens (tertiary/aromatic N) is 2. The summed E-state index contributed by atoms with van der Waals surface area (Å²) in [6.07, 6.45) is 3.31. The second-order valence-corrected chi connectivity index (χ2v) is 6.65. The van der Waals surface area contributed by atoms with Crippen molar-refractivity contribution in [1.29, 1.82) is 0 Å². The fourth-order valence-electron chi connectivity index (χ4n) is 2.24. The Labute approximate surface area is 158 Å². The molecule has 0 fully saturated rings. The van der Waals surface area contributed by atoms with E-state index in [0.717, 1.165) is 15.7 Å². The van der Waals surface area contributed by atoms with Crippen molar-refractivity contribution in [3.05, 3.63) is 76.0 Å². The molecule has 1 amide bonds. The highest BCUT2D eigenvalue weighted by Crippen LogP contribution is 2.16. The van der Waals surface area contributed by atoms with Gasteiger partial charge in [-0.2, -0.15) is 5.10 Å². The summed E-state index contributed by atoms with van der Waals surface area (Å²) in [7, 11) is 0. The van der Waals surface area contributed by atoms with Crippen LogP contribution < -0.4 is 10.1 Å². The van der Waals surface area contributed by atoms with Gasteiger partial charge in [0.15, 0.2) is 5.75 Å². The summed E-state index contributed by atoms with van der Waals surface area (Å²) in [4.78, 5) is 11.9. The summed E-state index contributed by atoms with van der Waals surface area (Å²) in [5.41, 5.74) is 1.93. The third kappa shape index (κ3) is 5.08. The van der Waals surface area contributed by atoms with Crippen LogP contribution in [0.4, 0.5) is 4.79 Å². The maximum absolute atomic E-state index is 11.9. The zero-order valence-electron chi connectivity index (χ0n) is 13.2. The molecule has 0 saturated carbocycles. The van der Waals surface area contributed by atoms with Crippen molar-refractivity contribution in [1.82, 2.24) is 15.1 Å². The molecule has 25 heavy (non-hydrogen) atoms. The average Bonchev–Trinajstić information content (AvgIpc) is 3.04. The lowest BCUT2D eigenvalue weighted by atomic mass is 10.1. The van der Waals surface area contributed by atoms with Gasteiger partial charge >= 0.3 is 6.09 Å². The Kier molecular flexibility index (Phi) is 5.73. The van der Waals surface area contributed by atoms with E-state index in [1.807, 2.05) is 48.5 Å². The van der Waals surface area contributed by atoms with Gasteiger partial charge in [0.2, 0.25) is 0 Å². The van der Waals surface area contributed by atoms with Crippen molar-refractivity contribution in [2.75, 3.05) is 6.54 Å². The van der Waals surface area contributed by atoms with E-state index in [-0.39, 0.29) is 0 Å². The molecule has 2 aromatic carbocycles. The number of amides is 1. The molecule has 128 valence electrons. The molecular formula is C18H15BrClN3O2. The zero-order chi connectivity index (χ0) is 17.6. The Morgan fingerprint density at radius 1 is 1.24 bits per heavy atom. The minimum absolute atomic E-state index is 0.378. The lowest BCUT2D eigenvalue weighted by Crippen LogP contribution is -2.28. The third-order valence-electron chi connectivity index (χ3n) is 3.43. The number of halogens is 2. The van der Waals surface area contributed by atoms with E-state index in [1.54, 1.807) is 10.9 Å². The van der Waals surface area contributed by atoms with Crippen molar-refractivity contribution in [2.24, 2.45) is 0 Å². The molecule has 3 rings (SSSR count). The number of carbonyl (C=O) groups is 1. The molecular weight excluding hydrogens is 406 g/mol. The molecule has 1 heterocycles. The van der Waals surface area contributed by atoms with Crippen LogP contribution in [-0.2, 0) is 6.42 Å². The first-order valence-electron chi connectivity index (χ1n) is 7.61. The van der Waals surface area contributed by atoms with E-state index >= 15 is 0 Å². The van der Waals surface area contributed by atoms with Crippen molar-refractivity contribution in [2.45, 2.75) is 6.42 Å². The predicted molar refractivity (Wildman–Crippen MR) is 100 cm³/mol. The fourth-order valence-corrected chi connectivity index (χ4v) is 2.72. The molecule has 0 atom stereocenters.